The van der Waals surface area contributed by atoms with Crippen molar-refractivity contribution in [1.29, 1.82) is 0 Å². The number of carbonyl (C=O) groups excluding carboxylic acids is 1. The van der Waals surface area contributed by atoms with E-state index in [9.17, 15) is 9.59 Å². The van der Waals surface area contributed by atoms with Gasteiger partial charge in [-0.15, -0.1) is 0 Å². The number of carbonyl (C=O) groups is 2. The van der Waals surface area contributed by atoms with E-state index in [1.165, 1.54) is 0 Å². The van der Waals surface area contributed by atoms with Crippen molar-refractivity contribution in [2.75, 3.05) is 5.32 Å². The monoisotopic (exact) mass is 265 g/mol. The standard InChI is InChI=1S/C13H19N3O3/c1-9-5-4-6-10(14-9)15-12(19)16-13(2,3)8-7-11(17)18/h4-6H,7-8H2,1-3H3,(H,17,18)(H2,14,15,16,19). The van der Waals surface area contributed by atoms with Crippen LogP contribution in [-0.2, 0) is 4.79 Å². The van der Waals surface area contributed by atoms with E-state index in [0.717, 1.165) is 5.69 Å². The van der Waals surface area contributed by atoms with Crippen LogP contribution in [0.3, 0.4) is 0 Å². The zero-order chi connectivity index (χ0) is 14.5. The van der Waals surface area contributed by atoms with Crippen LogP contribution in [0.15, 0.2) is 18.2 Å². The molecule has 1 heterocycles. The van der Waals surface area contributed by atoms with Crippen LogP contribution in [-0.4, -0.2) is 27.6 Å². The number of rotatable bonds is 5. The Balaban J connectivity index is 2.52. The molecule has 6 heteroatoms. The Morgan fingerprint density at radius 1 is 1.37 bits per heavy atom. The summed E-state index contributed by atoms with van der Waals surface area (Å²) in [5.41, 5.74) is 0.217. The van der Waals surface area contributed by atoms with Crippen molar-refractivity contribution in [3.05, 3.63) is 23.9 Å². The van der Waals surface area contributed by atoms with Gasteiger partial charge in [-0.25, -0.2) is 9.78 Å². The molecule has 2 amide bonds. The second kappa shape index (κ2) is 6.17. The van der Waals surface area contributed by atoms with Crippen LogP contribution < -0.4 is 10.6 Å². The maximum Gasteiger partial charge on any atom is 0.320 e. The number of aromatic nitrogens is 1. The number of nitrogens with one attached hydrogen (secondary N) is 2. The number of aryl methyl sites for hydroxylation is 1. The third kappa shape index (κ3) is 5.85. The molecule has 0 saturated heterocycles. The summed E-state index contributed by atoms with van der Waals surface area (Å²) >= 11 is 0. The molecule has 0 saturated carbocycles. The zero-order valence-electron chi connectivity index (χ0n) is 11.4. The van der Waals surface area contributed by atoms with E-state index in [-0.39, 0.29) is 6.42 Å². The average Bonchev–Trinajstić information content (AvgIpc) is 2.25. The van der Waals surface area contributed by atoms with Gasteiger partial charge in [0.05, 0.1) is 0 Å². The molecule has 0 bridgehead atoms. The summed E-state index contributed by atoms with van der Waals surface area (Å²) < 4.78 is 0. The van der Waals surface area contributed by atoms with Gasteiger partial charge in [0.1, 0.15) is 5.82 Å². The predicted octanol–water partition coefficient (Wildman–Crippen LogP) is 2.15. The molecule has 3 N–H and O–H groups in total. The van der Waals surface area contributed by atoms with Crippen molar-refractivity contribution in [1.82, 2.24) is 10.3 Å². The summed E-state index contributed by atoms with van der Waals surface area (Å²) in [4.78, 5) is 26.4. The first-order valence-electron chi connectivity index (χ1n) is 6.03. The lowest BCUT2D eigenvalue weighted by molar-refractivity contribution is -0.137. The third-order valence-electron chi connectivity index (χ3n) is 2.55. The summed E-state index contributed by atoms with van der Waals surface area (Å²) in [7, 11) is 0. The van der Waals surface area contributed by atoms with E-state index in [1.54, 1.807) is 26.0 Å². The summed E-state index contributed by atoms with van der Waals surface area (Å²) in [6.45, 7) is 5.39. The molecule has 0 unspecified atom stereocenters. The van der Waals surface area contributed by atoms with Crippen molar-refractivity contribution in [2.45, 2.75) is 39.2 Å². The van der Waals surface area contributed by atoms with Crippen molar-refractivity contribution >= 4 is 17.8 Å². The van der Waals surface area contributed by atoms with Gasteiger partial charge >= 0.3 is 12.0 Å². The number of hydrogen-bond acceptors (Lipinski definition) is 3. The lowest BCUT2D eigenvalue weighted by atomic mass is 9.99. The van der Waals surface area contributed by atoms with Crippen LogP contribution in [0.5, 0.6) is 0 Å². The van der Waals surface area contributed by atoms with Crippen molar-refractivity contribution in [2.24, 2.45) is 0 Å². The van der Waals surface area contributed by atoms with Gasteiger partial charge < -0.3 is 10.4 Å². The molecule has 0 aliphatic rings. The van der Waals surface area contributed by atoms with Crippen LogP contribution in [0.1, 0.15) is 32.4 Å². The molecule has 0 fully saturated rings. The molecule has 1 rings (SSSR count). The van der Waals surface area contributed by atoms with Gasteiger partial charge in [-0.05, 0) is 39.3 Å². The molecule has 19 heavy (non-hydrogen) atoms. The van der Waals surface area contributed by atoms with E-state index >= 15 is 0 Å². The third-order valence-corrected chi connectivity index (χ3v) is 2.55. The molecule has 0 atom stereocenters. The first kappa shape index (κ1) is 14.9. The minimum atomic E-state index is -0.879. The molecule has 0 radical (unpaired) electrons. The fraction of sp³-hybridized carbons (Fsp3) is 0.462. The summed E-state index contributed by atoms with van der Waals surface area (Å²) in [5.74, 6) is -0.415. The Labute approximate surface area is 112 Å². The maximum absolute atomic E-state index is 11.8. The topological polar surface area (TPSA) is 91.3 Å². The van der Waals surface area contributed by atoms with Crippen LogP contribution in [0.2, 0.25) is 0 Å². The molecule has 0 aliphatic carbocycles. The highest BCUT2D eigenvalue weighted by molar-refractivity contribution is 5.88. The van der Waals surface area contributed by atoms with Crippen LogP contribution in [0.25, 0.3) is 0 Å². The largest absolute Gasteiger partial charge is 0.481 e. The first-order chi connectivity index (χ1) is 8.78. The first-order valence-corrected chi connectivity index (χ1v) is 6.03. The van der Waals surface area contributed by atoms with Gasteiger partial charge in [0.2, 0.25) is 0 Å². The van der Waals surface area contributed by atoms with Gasteiger partial charge in [-0.2, -0.15) is 0 Å². The molecule has 6 nitrogen and oxygen atoms in total. The molecule has 0 aromatic carbocycles. The van der Waals surface area contributed by atoms with Crippen LogP contribution in [0, 0.1) is 6.92 Å². The molecular weight excluding hydrogens is 246 g/mol. The van der Waals surface area contributed by atoms with Gasteiger partial charge in [-0.1, -0.05) is 6.07 Å². The maximum atomic E-state index is 11.8. The van der Waals surface area contributed by atoms with Crippen molar-refractivity contribution in [3.63, 3.8) is 0 Å². The summed E-state index contributed by atoms with van der Waals surface area (Å²) in [6, 6.07) is 4.93. The fourth-order valence-corrected chi connectivity index (χ4v) is 1.55. The van der Waals surface area contributed by atoms with E-state index in [4.69, 9.17) is 5.11 Å². The Bertz CT molecular complexity index is 472. The normalized spacial score (nSPS) is 10.9. The van der Waals surface area contributed by atoms with Gasteiger partial charge in [0, 0.05) is 17.7 Å². The summed E-state index contributed by atoms with van der Waals surface area (Å²) in [5, 5.41) is 14.0. The fourth-order valence-electron chi connectivity index (χ4n) is 1.55. The highest BCUT2D eigenvalue weighted by Gasteiger charge is 2.21. The Morgan fingerprint density at radius 2 is 2.05 bits per heavy atom. The Kier molecular flexibility index (Phi) is 4.86. The molecule has 1 aromatic rings. The van der Waals surface area contributed by atoms with Gasteiger partial charge in [-0.3, -0.25) is 10.1 Å². The van der Waals surface area contributed by atoms with Gasteiger partial charge in [0.25, 0.3) is 0 Å². The SMILES string of the molecule is Cc1cccc(NC(=O)NC(C)(C)CCC(=O)O)n1. The quantitative estimate of drug-likeness (QED) is 0.760. The lowest BCUT2D eigenvalue weighted by Crippen LogP contribution is -2.45. The minimum absolute atomic E-state index is 0.00990. The number of amides is 2. The number of pyridine rings is 1. The second-order valence-corrected chi connectivity index (χ2v) is 5.02. The highest BCUT2D eigenvalue weighted by Crippen LogP contribution is 2.12. The number of urea groups is 1. The Hall–Kier alpha value is -2.11. The zero-order valence-corrected chi connectivity index (χ0v) is 11.4. The number of carboxylic acids is 1. The minimum Gasteiger partial charge on any atom is -0.481 e. The molecule has 0 aliphatic heterocycles. The lowest BCUT2D eigenvalue weighted by Gasteiger charge is -2.25. The van der Waals surface area contributed by atoms with Gasteiger partial charge in [0.15, 0.2) is 0 Å². The molecule has 0 spiro atoms. The number of nitrogens with zero attached hydrogens (tertiary/aromatic N) is 1. The molecule has 104 valence electrons. The van der Waals surface area contributed by atoms with Crippen molar-refractivity contribution < 1.29 is 14.7 Å². The van der Waals surface area contributed by atoms with Crippen molar-refractivity contribution in [3.8, 4) is 0 Å². The number of anilines is 1. The van der Waals surface area contributed by atoms with E-state index < -0.39 is 17.5 Å². The Morgan fingerprint density at radius 3 is 2.63 bits per heavy atom. The van der Waals surface area contributed by atoms with E-state index in [0.29, 0.717) is 12.2 Å². The van der Waals surface area contributed by atoms with Crippen LogP contribution in [0.4, 0.5) is 10.6 Å². The highest BCUT2D eigenvalue weighted by atomic mass is 16.4. The number of aliphatic carboxylic acids is 1. The van der Waals surface area contributed by atoms with E-state index in [1.807, 2.05) is 13.0 Å². The second-order valence-electron chi connectivity index (χ2n) is 5.02. The van der Waals surface area contributed by atoms with Crippen LogP contribution >= 0.6 is 0 Å². The van der Waals surface area contributed by atoms with E-state index in [2.05, 4.69) is 15.6 Å². The molecular formula is C13H19N3O3. The average molecular weight is 265 g/mol. The number of hydrogen-bond donors (Lipinski definition) is 3. The smallest absolute Gasteiger partial charge is 0.320 e. The molecule has 1 aromatic heterocycles. The summed E-state index contributed by atoms with van der Waals surface area (Å²) in [6.07, 6.45) is 0.368. The number of carboxylic acid groups (broad SMARTS) is 1. The predicted molar refractivity (Wildman–Crippen MR) is 72.1 cm³/mol.